The second-order valence-electron chi connectivity index (χ2n) is 32.9. The first-order chi connectivity index (χ1) is 65.5. The van der Waals surface area contributed by atoms with Crippen molar-refractivity contribution in [3.8, 4) is 67.4 Å². The van der Waals surface area contributed by atoms with Gasteiger partial charge < -0.3 is 29.2 Å². The zero-order valence-corrected chi connectivity index (χ0v) is 79.2. The number of aryl methyl sites for hydroxylation is 4. The Morgan fingerprint density at radius 1 is 0.355 bits per heavy atom. The molecule has 3 amide bonds. The zero-order valence-electron chi connectivity index (χ0n) is 76.0. The molecule has 18 aromatic rings. The highest BCUT2D eigenvalue weighted by atomic mass is 35.5. The summed E-state index contributed by atoms with van der Waals surface area (Å²) in [5.74, 6) is -2.10. The van der Waals surface area contributed by atoms with E-state index in [-0.39, 0.29) is 91.7 Å². The molecule has 0 unspecified atom stereocenters. The molecular weight excluding hydrogens is 1860 g/mol. The molecule has 18 rings (SSSR count). The second kappa shape index (κ2) is 37.8. The van der Waals surface area contributed by atoms with Crippen LogP contribution in [0.15, 0.2) is 246 Å². The van der Waals surface area contributed by atoms with Gasteiger partial charge in [0.05, 0.1) is 93.3 Å². The Morgan fingerprint density at radius 3 is 1.02 bits per heavy atom. The Balaban J connectivity index is 0.000000150. The molecule has 0 aliphatic heterocycles. The van der Waals surface area contributed by atoms with Crippen molar-refractivity contribution in [2.75, 3.05) is 74.0 Å². The van der Waals surface area contributed by atoms with Crippen molar-refractivity contribution in [2.45, 2.75) is 47.3 Å². The molecule has 12 aromatic carbocycles. The summed E-state index contributed by atoms with van der Waals surface area (Å²) >= 11 is 6.78. The van der Waals surface area contributed by atoms with Crippen LogP contribution in [0.25, 0.3) is 133 Å². The largest absolute Gasteiger partial charge is 0.455 e. The van der Waals surface area contributed by atoms with E-state index in [9.17, 15) is 71.6 Å². The number of anilines is 3. The van der Waals surface area contributed by atoms with E-state index < -0.39 is 81.8 Å². The molecule has 6 aromatic heterocycles. The predicted octanol–water partition coefficient (Wildman–Crippen LogP) is 16.5. The molecule has 0 fully saturated rings. The van der Waals surface area contributed by atoms with Crippen LogP contribution in [-0.2, 0) is 49.7 Å². The average molecular weight is 1940 g/mol. The van der Waals surface area contributed by atoms with E-state index in [0.29, 0.717) is 133 Å². The topological polar surface area (TPSA) is 382 Å². The number of nitrogens with one attached hydrogen (secondary N) is 3. The molecule has 0 saturated heterocycles. The quantitative estimate of drug-likeness (QED) is 0.0562. The number of hydrogen-bond acceptors (Lipinski definition) is 21. The number of nitrogens with zero attached hydrogens (tertiary/aromatic N) is 12. The van der Waals surface area contributed by atoms with Gasteiger partial charge in [0.1, 0.15) is 73.8 Å². The van der Waals surface area contributed by atoms with Crippen molar-refractivity contribution in [3.05, 3.63) is 333 Å². The van der Waals surface area contributed by atoms with E-state index in [0.717, 1.165) is 47.5 Å². The van der Waals surface area contributed by atoms with E-state index in [2.05, 4.69) is 46.9 Å². The number of amides is 3. The van der Waals surface area contributed by atoms with Crippen LogP contribution >= 0.6 is 11.6 Å². The van der Waals surface area contributed by atoms with Gasteiger partial charge in [-0.25, -0.2) is 56.9 Å². The monoisotopic (exact) mass is 1940 g/mol. The van der Waals surface area contributed by atoms with Gasteiger partial charge in [-0.1, -0.05) is 123 Å². The second-order valence-corrected chi connectivity index (χ2v) is 39.4. The minimum atomic E-state index is -3.79. The Morgan fingerprint density at radius 2 is 0.659 bits per heavy atom. The van der Waals surface area contributed by atoms with Gasteiger partial charge in [0.2, 0.25) is 30.1 Å². The summed E-state index contributed by atoms with van der Waals surface area (Å²) in [7, 11) is -2.62. The third kappa shape index (κ3) is 19.1. The van der Waals surface area contributed by atoms with Crippen LogP contribution in [0, 0.1) is 51.0 Å². The van der Waals surface area contributed by atoms with Crippen molar-refractivity contribution >= 4 is 142 Å². The van der Waals surface area contributed by atoms with Crippen LogP contribution in [0.3, 0.4) is 0 Å². The molecule has 0 aliphatic carbocycles. The molecule has 702 valence electrons. The van der Waals surface area contributed by atoms with E-state index in [4.69, 9.17) is 24.9 Å². The molecule has 0 saturated carbocycles. The molecule has 0 radical (unpaired) electrons. The van der Waals surface area contributed by atoms with Crippen LogP contribution in [0.1, 0.15) is 70.0 Å². The van der Waals surface area contributed by atoms with Gasteiger partial charge in [-0.2, -0.15) is 0 Å². The van der Waals surface area contributed by atoms with Crippen molar-refractivity contribution < 1.29 is 70.5 Å². The van der Waals surface area contributed by atoms with Crippen LogP contribution in [0.4, 0.5) is 34.6 Å². The van der Waals surface area contributed by atoms with E-state index in [1.54, 1.807) is 91.9 Å². The van der Waals surface area contributed by atoms with Gasteiger partial charge >= 0.3 is 0 Å². The van der Waals surface area contributed by atoms with Crippen LogP contribution in [-0.4, -0.2) is 149 Å². The third-order valence-electron chi connectivity index (χ3n) is 23.6. The minimum Gasteiger partial charge on any atom is -0.455 e. The van der Waals surface area contributed by atoms with Crippen molar-refractivity contribution in [2.24, 2.45) is 0 Å². The smallest absolute Gasteiger partial charge is 0.277 e. The number of fused-ring (bicyclic) bond motifs is 6. The summed E-state index contributed by atoms with van der Waals surface area (Å²) in [5, 5.41) is 34.9. The highest BCUT2D eigenvalue weighted by Gasteiger charge is 2.33. The number of carbonyl (C=O) groups is 3. The normalized spacial score (nSPS) is 11.7. The van der Waals surface area contributed by atoms with Crippen molar-refractivity contribution in [3.63, 3.8) is 0 Å². The maximum absolute atomic E-state index is 13.7. The lowest BCUT2D eigenvalue weighted by molar-refractivity contribution is 0.0956. The highest BCUT2D eigenvalue weighted by molar-refractivity contribution is 7.92. The molecule has 0 spiro atoms. The molecule has 6 heterocycles. The standard InChI is InChI=1S/C34H30FN5O5S.C33H27ClFN5O5S.C33H27F2N5O5S/c1-19-6-10-22(11-7-19)32-31(33(41)36-3)27-16-25(29(17-30(27)45-32)39(4)46(5,43)44)24-15-26-28(14-20(24)2)37-38-40(34(26)42)18-21-8-12-23(35)13-9-21;1-18-5-9-20(10-6-18)31-30(32(41)36-2)25-14-23(28(16-29(25)45-31)39(3)46(4,43)44)22-13-24-27(15-26(22)34)37-38-40(33(24)42)17-19-7-11-21(35)12-8-19;1-18-13-21(14-26-30(18)37-38-40(33(26)42)17-19-5-9-22(34)10-6-19)24-15-25-28(16-27(24)39(3)46(4,43)44)45-31(29(25)32(41)36-2)20-7-11-23(35)12-8-20/h6-17H,18H2,1-5H3,(H,36,41);2*5-16H,17H2,1-4H3,(H,36,41). The number of carbonyl (C=O) groups excluding carboxylic acids is 3. The average Bonchev–Trinajstić information content (AvgIpc) is 1.54. The fraction of sp³-hybridized carbons (Fsp3) is 0.160. The van der Waals surface area contributed by atoms with Gasteiger partial charge in [-0.3, -0.25) is 41.7 Å². The van der Waals surface area contributed by atoms with E-state index >= 15 is 0 Å². The Bertz CT molecular complexity index is 8250. The Kier molecular flexibility index (Phi) is 26.1. The minimum absolute atomic E-state index is 0.0420. The fourth-order valence-corrected chi connectivity index (χ4v) is 17.8. The summed E-state index contributed by atoms with van der Waals surface area (Å²) < 4.78 is 156. The summed E-state index contributed by atoms with van der Waals surface area (Å²) in [4.78, 5) is 80.8. The Hall–Kier alpha value is -15.9. The first kappa shape index (κ1) is 95.3. The number of hydrogen-bond donors (Lipinski definition) is 3. The first-order valence-corrected chi connectivity index (χ1v) is 48.3. The van der Waals surface area contributed by atoms with Crippen molar-refractivity contribution in [1.29, 1.82) is 0 Å². The SMILES string of the molecule is CNC(=O)c1c(-c2ccc(C)cc2)oc2cc(N(C)S(C)(=O)=O)c(-c3cc4c(=O)n(Cc5ccc(F)cc5)nnc4cc3C)cc12.CNC(=O)c1c(-c2ccc(C)cc2)oc2cc(N(C)S(C)(=O)=O)c(-c3cc4c(=O)n(Cc5ccc(F)cc5)nnc4cc3Cl)cc12.CNC(=O)c1c(-c2ccc(F)cc2)oc2cc(N(C)S(C)(=O)=O)c(-c3cc(C)c4nnn(Cc5ccc(F)cc5)c(=O)c4c3)cc12. The third-order valence-corrected chi connectivity index (χ3v) is 27.4. The number of furan rings is 3. The van der Waals surface area contributed by atoms with Gasteiger partial charge in [0.15, 0.2) is 0 Å². The molecule has 3 N–H and O–H groups in total. The van der Waals surface area contributed by atoms with Crippen LogP contribution in [0.5, 0.6) is 0 Å². The van der Waals surface area contributed by atoms with Crippen molar-refractivity contribution in [1.82, 2.24) is 60.9 Å². The van der Waals surface area contributed by atoms with Crippen LogP contribution < -0.4 is 45.5 Å². The fourth-order valence-electron chi connectivity index (χ4n) is 16.0. The molecule has 138 heavy (non-hydrogen) atoms. The van der Waals surface area contributed by atoms with Crippen LogP contribution in [0.2, 0.25) is 5.02 Å². The van der Waals surface area contributed by atoms with E-state index in [1.807, 2.05) is 69.3 Å². The summed E-state index contributed by atoms with van der Waals surface area (Å²) in [5.41, 5.74) is 11.4. The predicted molar refractivity (Wildman–Crippen MR) is 524 cm³/mol. The first-order valence-electron chi connectivity index (χ1n) is 42.3. The maximum Gasteiger partial charge on any atom is 0.277 e. The lowest BCUT2D eigenvalue weighted by Gasteiger charge is -2.21. The van der Waals surface area contributed by atoms with Gasteiger partial charge in [0, 0.05) is 116 Å². The highest BCUT2D eigenvalue weighted by Crippen LogP contribution is 2.48. The summed E-state index contributed by atoms with van der Waals surface area (Å²) in [6, 6.07) is 56.9. The number of rotatable bonds is 21. The number of halogens is 5. The summed E-state index contributed by atoms with van der Waals surface area (Å²) in [6.07, 6.45) is 3.20. The van der Waals surface area contributed by atoms with Gasteiger partial charge in [-0.05, 0) is 182 Å². The lowest BCUT2D eigenvalue weighted by atomic mass is 9.94. The Labute approximate surface area is 790 Å². The number of aromatic nitrogens is 9. The lowest BCUT2D eigenvalue weighted by Crippen LogP contribution is -2.26. The maximum atomic E-state index is 13.7. The molecule has 0 aliphatic rings. The van der Waals surface area contributed by atoms with Gasteiger partial charge in [-0.15, -0.1) is 15.3 Å². The number of sulfonamides is 3. The molecule has 0 atom stereocenters. The zero-order chi connectivity index (χ0) is 98.7. The number of benzene rings is 12. The molecule has 0 bridgehead atoms. The van der Waals surface area contributed by atoms with Gasteiger partial charge in [0.25, 0.3) is 34.4 Å². The molecular formula is C100H84ClF4N15O15S3. The molecule has 38 heteroatoms. The van der Waals surface area contributed by atoms with E-state index in [1.165, 1.54) is 137 Å². The molecule has 30 nitrogen and oxygen atoms in total. The summed E-state index contributed by atoms with van der Waals surface area (Å²) in [6.45, 7) is 7.64.